The van der Waals surface area contributed by atoms with Gasteiger partial charge in [0.2, 0.25) is 0 Å². The van der Waals surface area contributed by atoms with Gasteiger partial charge in [-0.25, -0.2) is 0 Å². The number of aliphatic hydroxyl groups is 1. The van der Waals surface area contributed by atoms with Crippen LogP contribution in [0.15, 0.2) is 0 Å². The third kappa shape index (κ3) is 1.63. The van der Waals surface area contributed by atoms with Crippen molar-refractivity contribution in [2.45, 2.75) is 31.4 Å². The van der Waals surface area contributed by atoms with Crippen LogP contribution in [0.3, 0.4) is 0 Å². The standard InChI is InChI=1S/C9H17NO2/c11-5-1-4-10-6-9-3-2-8(10)7-12-9/h8-9,11H,1-7H2/t8-,9-/m0/s1. The molecule has 3 heteroatoms. The molecule has 0 unspecified atom stereocenters. The molecule has 3 fully saturated rings. The molecule has 2 atom stereocenters. The van der Waals surface area contributed by atoms with Gasteiger partial charge >= 0.3 is 0 Å². The van der Waals surface area contributed by atoms with Crippen LogP contribution >= 0.6 is 0 Å². The SMILES string of the molecule is OCCCN1C[C@@H]2CC[C@H]1CO2. The summed E-state index contributed by atoms with van der Waals surface area (Å²) in [4.78, 5) is 2.47. The third-order valence-electron chi connectivity index (χ3n) is 2.90. The van der Waals surface area contributed by atoms with Crippen LogP contribution in [0.25, 0.3) is 0 Å². The van der Waals surface area contributed by atoms with E-state index in [-0.39, 0.29) is 0 Å². The van der Waals surface area contributed by atoms with E-state index >= 15 is 0 Å². The summed E-state index contributed by atoms with van der Waals surface area (Å²) in [6.45, 7) is 3.36. The van der Waals surface area contributed by atoms with E-state index in [0.29, 0.717) is 18.8 Å². The predicted octanol–water partition coefficient (Wildman–Crippen LogP) is 0.232. The van der Waals surface area contributed by atoms with Crippen LogP contribution < -0.4 is 0 Å². The number of aliphatic hydroxyl groups excluding tert-OH is 1. The fourth-order valence-corrected chi connectivity index (χ4v) is 2.18. The summed E-state index contributed by atoms with van der Waals surface area (Å²) < 4.78 is 5.58. The fraction of sp³-hybridized carbons (Fsp3) is 1.00. The van der Waals surface area contributed by atoms with Crippen molar-refractivity contribution in [1.29, 1.82) is 0 Å². The number of hydrogen-bond acceptors (Lipinski definition) is 3. The van der Waals surface area contributed by atoms with Crippen molar-refractivity contribution in [3.05, 3.63) is 0 Å². The zero-order chi connectivity index (χ0) is 8.39. The van der Waals surface area contributed by atoms with Gasteiger partial charge in [-0.15, -0.1) is 0 Å². The maximum atomic E-state index is 8.71. The number of nitrogens with zero attached hydrogens (tertiary/aromatic N) is 1. The van der Waals surface area contributed by atoms with Crippen molar-refractivity contribution in [2.75, 3.05) is 26.3 Å². The molecule has 1 N–H and O–H groups in total. The molecule has 3 nitrogen and oxygen atoms in total. The lowest BCUT2D eigenvalue weighted by atomic mass is 9.97. The maximum absolute atomic E-state index is 8.71. The molecular weight excluding hydrogens is 154 g/mol. The van der Waals surface area contributed by atoms with E-state index in [1.807, 2.05) is 0 Å². The summed E-state index contributed by atoms with van der Waals surface area (Å²) in [5.41, 5.74) is 0. The van der Waals surface area contributed by atoms with E-state index < -0.39 is 0 Å². The van der Waals surface area contributed by atoms with Gasteiger partial charge in [-0.3, -0.25) is 4.90 Å². The molecule has 3 heterocycles. The number of ether oxygens (including phenoxy) is 1. The highest BCUT2D eigenvalue weighted by Crippen LogP contribution is 2.25. The lowest BCUT2D eigenvalue weighted by Crippen LogP contribution is -2.54. The molecule has 2 bridgehead atoms. The van der Waals surface area contributed by atoms with Crippen LogP contribution in [0, 0.1) is 0 Å². The molecule has 0 saturated carbocycles. The first-order valence-electron chi connectivity index (χ1n) is 4.86. The van der Waals surface area contributed by atoms with Gasteiger partial charge in [-0.1, -0.05) is 0 Å². The summed E-state index contributed by atoms with van der Waals surface area (Å²) in [6, 6.07) is 0.640. The number of hydrogen-bond donors (Lipinski definition) is 1. The Morgan fingerprint density at radius 3 is 2.83 bits per heavy atom. The minimum absolute atomic E-state index is 0.314. The molecule has 12 heavy (non-hydrogen) atoms. The lowest BCUT2D eigenvalue weighted by molar-refractivity contribution is -0.106. The van der Waals surface area contributed by atoms with Crippen molar-refractivity contribution >= 4 is 0 Å². The number of fused-ring (bicyclic) bond motifs is 3. The van der Waals surface area contributed by atoms with Crippen LogP contribution in [0.4, 0.5) is 0 Å². The van der Waals surface area contributed by atoms with Gasteiger partial charge in [-0.2, -0.15) is 0 Å². The summed E-state index contributed by atoms with van der Waals surface area (Å²) in [5.74, 6) is 0. The normalized spacial score (nSPS) is 35.8. The second kappa shape index (κ2) is 3.73. The van der Waals surface area contributed by atoms with Gasteiger partial charge in [0.25, 0.3) is 0 Å². The van der Waals surface area contributed by atoms with Crippen LogP contribution in [0.1, 0.15) is 19.3 Å². The van der Waals surface area contributed by atoms with Crippen molar-refractivity contribution in [3.8, 4) is 0 Å². The van der Waals surface area contributed by atoms with Crippen molar-refractivity contribution < 1.29 is 9.84 Å². The first-order valence-corrected chi connectivity index (χ1v) is 4.86. The topological polar surface area (TPSA) is 32.7 Å². The Morgan fingerprint density at radius 1 is 1.42 bits per heavy atom. The maximum Gasteiger partial charge on any atom is 0.0703 e. The molecule has 3 rings (SSSR count). The average Bonchev–Trinajstić information content (AvgIpc) is 2.17. The van der Waals surface area contributed by atoms with Crippen LogP contribution in [-0.2, 0) is 4.74 Å². The monoisotopic (exact) mass is 171 g/mol. The first-order chi connectivity index (χ1) is 5.90. The quantitative estimate of drug-likeness (QED) is 0.660. The molecule has 0 aromatic rings. The molecule has 0 radical (unpaired) electrons. The van der Waals surface area contributed by atoms with Crippen molar-refractivity contribution in [2.24, 2.45) is 0 Å². The minimum Gasteiger partial charge on any atom is -0.396 e. The largest absolute Gasteiger partial charge is 0.396 e. The van der Waals surface area contributed by atoms with Gasteiger partial charge in [0, 0.05) is 25.7 Å². The number of morpholine rings is 1. The summed E-state index contributed by atoms with van der Waals surface area (Å²) in [7, 11) is 0. The molecule has 70 valence electrons. The van der Waals surface area contributed by atoms with Gasteiger partial charge in [0.15, 0.2) is 0 Å². The Balaban J connectivity index is 1.82. The van der Waals surface area contributed by atoms with E-state index in [2.05, 4.69) is 4.90 Å². The van der Waals surface area contributed by atoms with Crippen LogP contribution in [0.2, 0.25) is 0 Å². The Morgan fingerprint density at radius 2 is 2.33 bits per heavy atom. The van der Waals surface area contributed by atoms with E-state index in [4.69, 9.17) is 9.84 Å². The van der Waals surface area contributed by atoms with Gasteiger partial charge in [-0.05, 0) is 19.3 Å². The van der Waals surface area contributed by atoms with Crippen LogP contribution in [0.5, 0.6) is 0 Å². The Hall–Kier alpha value is -0.120. The van der Waals surface area contributed by atoms with E-state index in [0.717, 1.165) is 26.1 Å². The highest BCUT2D eigenvalue weighted by molar-refractivity contribution is 4.86. The van der Waals surface area contributed by atoms with Crippen molar-refractivity contribution in [1.82, 2.24) is 4.90 Å². The second-order valence-corrected chi connectivity index (χ2v) is 3.76. The summed E-state index contributed by atoms with van der Waals surface area (Å²) >= 11 is 0. The predicted molar refractivity (Wildman–Crippen MR) is 46.0 cm³/mol. The summed E-state index contributed by atoms with van der Waals surface area (Å²) in [6.07, 6.45) is 3.91. The zero-order valence-corrected chi connectivity index (χ0v) is 7.41. The van der Waals surface area contributed by atoms with Crippen molar-refractivity contribution in [3.63, 3.8) is 0 Å². The fourth-order valence-electron chi connectivity index (χ4n) is 2.18. The molecule has 0 spiro atoms. The summed E-state index contributed by atoms with van der Waals surface area (Å²) in [5, 5.41) is 8.71. The van der Waals surface area contributed by atoms with E-state index in [1.54, 1.807) is 0 Å². The molecule has 0 amide bonds. The highest BCUT2D eigenvalue weighted by atomic mass is 16.5. The van der Waals surface area contributed by atoms with Crippen LogP contribution in [-0.4, -0.2) is 48.5 Å². The van der Waals surface area contributed by atoms with Gasteiger partial charge in [0.05, 0.1) is 12.7 Å². The van der Waals surface area contributed by atoms with E-state index in [1.165, 1.54) is 12.8 Å². The zero-order valence-electron chi connectivity index (χ0n) is 7.41. The molecular formula is C9H17NO2. The molecule has 0 aliphatic carbocycles. The Labute approximate surface area is 73.3 Å². The lowest BCUT2D eigenvalue weighted by Gasteiger charge is -2.45. The molecule has 0 aromatic heterocycles. The Kier molecular flexibility index (Phi) is 2.63. The molecule has 3 aliphatic rings. The molecule has 0 aromatic carbocycles. The Bertz CT molecular complexity index is 143. The van der Waals surface area contributed by atoms with E-state index in [9.17, 15) is 0 Å². The van der Waals surface area contributed by atoms with Gasteiger partial charge < -0.3 is 9.84 Å². The highest BCUT2D eigenvalue weighted by Gasteiger charge is 2.33. The number of rotatable bonds is 3. The molecule has 3 saturated heterocycles. The minimum atomic E-state index is 0.314. The van der Waals surface area contributed by atoms with Gasteiger partial charge in [0.1, 0.15) is 0 Å². The smallest absolute Gasteiger partial charge is 0.0703 e. The second-order valence-electron chi connectivity index (χ2n) is 3.76. The molecule has 3 aliphatic heterocycles. The average molecular weight is 171 g/mol. The third-order valence-corrected chi connectivity index (χ3v) is 2.90. The number of piperidine rings is 1. The first kappa shape index (κ1) is 8.48.